The number of aromatic nitrogens is 2. The van der Waals surface area contributed by atoms with Gasteiger partial charge >= 0.3 is 0 Å². The predicted octanol–water partition coefficient (Wildman–Crippen LogP) is 3.74. The van der Waals surface area contributed by atoms with Crippen molar-refractivity contribution in [2.45, 2.75) is 32.2 Å². The second kappa shape index (κ2) is 7.18. The molecule has 3 aromatic rings. The second-order valence-electron chi connectivity index (χ2n) is 8.50. The largest absolute Gasteiger partial charge is 0.442 e. The van der Waals surface area contributed by atoms with E-state index in [-0.39, 0.29) is 11.4 Å². The van der Waals surface area contributed by atoms with E-state index in [9.17, 15) is 13.6 Å². The lowest BCUT2D eigenvalue weighted by molar-refractivity contribution is 0.0746. The van der Waals surface area contributed by atoms with Gasteiger partial charge in [-0.3, -0.25) is 4.79 Å². The molecule has 0 bridgehead atoms. The number of piperazine rings is 1. The first kappa shape index (κ1) is 19.7. The van der Waals surface area contributed by atoms with Gasteiger partial charge in [-0.2, -0.15) is 0 Å². The van der Waals surface area contributed by atoms with Crippen LogP contribution in [-0.2, 0) is 0 Å². The molecular formula is C22H23F2N5O2. The lowest BCUT2D eigenvalue weighted by Gasteiger charge is -2.36. The van der Waals surface area contributed by atoms with Gasteiger partial charge < -0.3 is 19.5 Å². The molecule has 7 nitrogen and oxygen atoms in total. The van der Waals surface area contributed by atoms with Crippen LogP contribution >= 0.6 is 0 Å². The van der Waals surface area contributed by atoms with E-state index >= 15 is 0 Å². The van der Waals surface area contributed by atoms with Crippen molar-refractivity contribution in [2.75, 3.05) is 36.4 Å². The lowest BCUT2D eigenvalue weighted by atomic mass is 10.1. The van der Waals surface area contributed by atoms with Crippen molar-refractivity contribution in [1.82, 2.24) is 14.9 Å². The Balaban J connectivity index is 1.39. The van der Waals surface area contributed by atoms with Crippen molar-refractivity contribution < 1.29 is 18.0 Å². The summed E-state index contributed by atoms with van der Waals surface area (Å²) in [6, 6.07) is 3.55. The second-order valence-corrected chi connectivity index (χ2v) is 8.50. The van der Waals surface area contributed by atoms with Crippen LogP contribution in [0.2, 0.25) is 0 Å². The number of benzene rings is 1. The number of anilines is 2. The zero-order valence-electron chi connectivity index (χ0n) is 17.4. The number of nitrogens with one attached hydrogen (secondary N) is 1. The minimum Gasteiger partial charge on any atom is -0.442 e. The number of rotatable bonds is 4. The monoisotopic (exact) mass is 427 g/mol. The third-order valence-electron chi connectivity index (χ3n) is 6.12. The summed E-state index contributed by atoms with van der Waals surface area (Å²) in [6.45, 7) is 5.59. The molecule has 3 heterocycles. The van der Waals surface area contributed by atoms with Crippen LogP contribution in [0.5, 0.6) is 0 Å². The van der Waals surface area contributed by atoms with E-state index in [0.717, 1.165) is 18.9 Å². The number of halogens is 2. The molecule has 31 heavy (non-hydrogen) atoms. The van der Waals surface area contributed by atoms with Gasteiger partial charge in [-0.1, -0.05) is 0 Å². The summed E-state index contributed by atoms with van der Waals surface area (Å²) in [5, 5.41) is 4.03. The number of fused-ring (bicyclic) bond motifs is 1. The number of carbonyl (C=O) groups excluding carboxylic acids is 1. The number of hydrogen-bond acceptors (Lipinski definition) is 6. The Morgan fingerprint density at radius 2 is 1.90 bits per heavy atom. The number of carbonyl (C=O) groups is 1. The number of aryl methyl sites for hydroxylation is 1. The molecule has 0 spiro atoms. The standard InChI is InChI=1S/C22H23F2N5O2/c1-13-17(18-19(27-22(2)5-6-22)25-12-26-20(18)31-13)21(30)29-9-7-28(8-10-29)16-4-3-14(23)11-15(16)24/h3-4,11-12H,5-10H2,1-2H3,(H,25,26,27). The maximum Gasteiger partial charge on any atom is 0.258 e. The van der Waals surface area contributed by atoms with Gasteiger partial charge in [0.1, 0.15) is 29.5 Å². The normalized spacial score (nSPS) is 17.8. The Morgan fingerprint density at radius 3 is 2.58 bits per heavy atom. The minimum absolute atomic E-state index is 0.0162. The molecule has 1 saturated heterocycles. The molecule has 1 saturated carbocycles. The maximum absolute atomic E-state index is 14.1. The first-order valence-corrected chi connectivity index (χ1v) is 10.4. The quantitative estimate of drug-likeness (QED) is 0.684. The average molecular weight is 427 g/mol. The molecule has 0 radical (unpaired) electrons. The molecule has 0 atom stereocenters. The third-order valence-corrected chi connectivity index (χ3v) is 6.12. The van der Waals surface area contributed by atoms with Crippen molar-refractivity contribution in [3.63, 3.8) is 0 Å². The Labute approximate surface area is 178 Å². The predicted molar refractivity (Wildman–Crippen MR) is 112 cm³/mol. The van der Waals surface area contributed by atoms with Gasteiger partial charge in [-0.25, -0.2) is 18.7 Å². The summed E-state index contributed by atoms with van der Waals surface area (Å²) >= 11 is 0. The van der Waals surface area contributed by atoms with Crippen molar-refractivity contribution in [3.8, 4) is 0 Å². The Morgan fingerprint density at radius 1 is 1.16 bits per heavy atom. The molecule has 1 amide bonds. The van der Waals surface area contributed by atoms with E-state index in [4.69, 9.17) is 4.42 Å². The Hall–Kier alpha value is -3.23. The van der Waals surface area contributed by atoms with Crippen molar-refractivity contribution >= 4 is 28.5 Å². The van der Waals surface area contributed by atoms with Crippen LogP contribution in [0, 0.1) is 18.6 Å². The van der Waals surface area contributed by atoms with Gasteiger partial charge in [-0.15, -0.1) is 0 Å². The Kier molecular flexibility index (Phi) is 4.56. The number of amides is 1. The fraction of sp³-hybridized carbons (Fsp3) is 0.409. The summed E-state index contributed by atoms with van der Waals surface area (Å²) in [7, 11) is 0. The molecule has 1 N–H and O–H groups in total. The topological polar surface area (TPSA) is 74.5 Å². The molecule has 2 aromatic heterocycles. The molecule has 1 aliphatic carbocycles. The van der Waals surface area contributed by atoms with E-state index in [1.807, 2.05) is 4.90 Å². The SMILES string of the molecule is Cc1oc2ncnc(NC3(C)CC3)c2c1C(=O)N1CCN(c2ccc(F)cc2F)CC1. The highest BCUT2D eigenvalue weighted by Crippen LogP contribution is 2.40. The summed E-state index contributed by atoms with van der Waals surface area (Å²) in [5.41, 5.74) is 1.17. The number of furan rings is 1. The molecule has 2 fully saturated rings. The molecule has 0 unspecified atom stereocenters. The highest BCUT2D eigenvalue weighted by molar-refractivity contribution is 6.10. The summed E-state index contributed by atoms with van der Waals surface area (Å²) < 4.78 is 33.1. The van der Waals surface area contributed by atoms with Gasteiger partial charge in [-0.05, 0) is 38.8 Å². The van der Waals surface area contributed by atoms with Crippen LogP contribution < -0.4 is 10.2 Å². The minimum atomic E-state index is -0.607. The van der Waals surface area contributed by atoms with Crippen LogP contribution in [0.4, 0.5) is 20.3 Å². The smallest absolute Gasteiger partial charge is 0.258 e. The van der Waals surface area contributed by atoms with Crippen LogP contribution in [0.25, 0.3) is 11.1 Å². The molecule has 9 heteroatoms. The van der Waals surface area contributed by atoms with Crippen LogP contribution in [0.3, 0.4) is 0 Å². The highest BCUT2D eigenvalue weighted by atomic mass is 19.1. The van der Waals surface area contributed by atoms with Crippen molar-refractivity contribution in [3.05, 3.63) is 47.5 Å². The highest BCUT2D eigenvalue weighted by Gasteiger charge is 2.39. The number of nitrogens with zero attached hydrogens (tertiary/aromatic N) is 4. The maximum atomic E-state index is 14.1. The molecule has 2 aliphatic rings. The molecule has 1 aliphatic heterocycles. The molecular weight excluding hydrogens is 404 g/mol. The van der Waals surface area contributed by atoms with Gasteiger partial charge in [0.25, 0.3) is 5.91 Å². The van der Waals surface area contributed by atoms with E-state index in [2.05, 4.69) is 22.2 Å². The summed E-state index contributed by atoms with van der Waals surface area (Å²) in [4.78, 5) is 25.5. The van der Waals surface area contributed by atoms with Crippen LogP contribution in [0.15, 0.2) is 28.9 Å². The van der Waals surface area contributed by atoms with E-state index in [0.29, 0.717) is 60.1 Å². The van der Waals surface area contributed by atoms with Crippen LogP contribution in [-0.4, -0.2) is 52.5 Å². The Bertz CT molecular complexity index is 1170. The third kappa shape index (κ3) is 3.58. The van der Waals surface area contributed by atoms with Crippen LogP contribution in [0.1, 0.15) is 35.9 Å². The summed E-state index contributed by atoms with van der Waals surface area (Å²) in [6.07, 6.45) is 3.52. The molecule has 162 valence electrons. The fourth-order valence-electron chi connectivity index (χ4n) is 4.04. The van der Waals surface area contributed by atoms with E-state index in [1.54, 1.807) is 11.8 Å². The summed E-state index contributed by atoms with van der Waals surface area (Å²) in [5.74, 6) is -0.259. The number of hydrogen-bond donors (Lipinski definition) is 1. The lowest BCUT2D eigenvalue weighted by Crippen LogP contribution is -2.49. The fourth-order valence-corrected chi connectivity index (χ4v) is 4.04. The molecule has 1 aromatic carbocycles. The molecule has 5 rings (SSSR count). The van der Waals surface area contributed by atoms with Gasteiger partial charge in [0.15, 0.2) is 0 Å². The first-order chi connectivity index (χ1) is 14.8. The first-order valence-electron chi connectivity index (χ1n) is 10.4. The van der Waals surface area contributed by atoms with E-state index < -0.39 is 11.6 Å². The van der Waals surface area contributed by atoms with Gasteiger partial charge in [0.05, 0.1) is 16.6 Å². The zero-order chi connectivity index (χ0) is 21.8. The van der Waals surface area contributed by atoms with Crippen molar-refractivity contribution in [2.24, 2.45) is 0 Å². The van der Waals surface area contributed by atoms with Gasteiger partial charge in [0, 0.05) is 37.8 Å². The van der Waals surface area contributed by atoms with Crippen molar-refractivity contribution in [1.29, 1.82) is 0 Å². The zero-order valence-corrected chi connectivity index (χ0v) is 17.4. The van der Waals surface area contributed by atoms with Gasteiger partial charge in [0.2, 0.25) is 5.71 Å². The average Bonchev–Trinajstić information content (AvgIpc) is 3.36. The van der Waals surface area contributed by atoms with E-state index in [1.165, 1.54) is 18.5 Å².